The predicted octanol–water partition coefficient (Wildman–Crippen LogP) is 2.43. The van der Waals surface area contributed by atoms with E-state index in [0.717, 1.165) is 13.1 Å². The molecule has 2 amide bonds. The monoisotopic (exact) mass is 329 g/mol. The SMILES string of the molecule is CC1CNCCN1C(=O)c1cccc(NC(=O)c2cccs2)c1. The van der Waals surface area contributed by atoms with Gasteiger partial charge in [0.25, 0.3) is 11.8 Å². The van der Waals surface area contributed by atoms with Crippen molar-refractivity contribution in [1.82, 2.24) is 10.2 Å². The van der Waals surface area contributed by atoms with E-state index in [2.05, 4.69) is 10.6 Å². The summed E-state index contributed by atoms with van der Waals surface area (Å²) in [5.41, 5.74) is 1.24. The number of nitrogens with one attached hydrogen (secondary N) is 2. The highest BCUT2D eigenvalue weighted by molar-refractivity contribution is 7.12. The van der Waals surface area contributed by atoms with Crippen molar-refractivity contribution >= 4 is 28.8 Å². The summed E-state index contributed by atoms with van der Waals surface area (Å²) in [7, 11) is 0. The minimum absolute atomic E-state index is 0.00576. The lowest BCUT2D eigenvalue weighted by molar-refractivity contribution is 0.0655. The number of nitrogens with zero attached hydrogens (tertiary/aromatic N) is 1. The van der Waals surface area contributed by atoms with E-state index in [4.69, 9.17) is 0 Å². The summed E-state index contributed by atoms with van der Waals surface area (Å²) in [5, 5.41) is 7.98. The van der Waals surface area contributed by atoms with E-state index in [1.807, 2.05) is 23.3 Å². The number of benzene rings is 1. The molecule has 120 valence electrons. The van der Waals surface area contributed by atoms with Crippen LogP contribution in [0.2, 0.25) is 0 Å². The van der Waals surface area contributed by atoms with Crippen LogP contribution in [0, 0.1) is 0 Å². The molecule has 3 rings (SSSR count). The summed E-state index contributed by atoms with van der Waals surface area (Å²) in [5.74, 6) is -0.147. The van der Waals surface area contributed by atoms with Crippen LogP contribution in [0.25, 0.3) is 0 Å². The number of rotatable bonds is 3. The van der Waals surface area contributed by atoms with Crippen LogP contribution in [0.15, 0.2) is 41.8 Å². The fourth-order valence-electron chi connectivity index (χ4n) is 2.64. The molecule has 1 aliphatic heterocycles. The first-order valence-electron chi connectivity index (χ1n) is 7.62. The zero-order valence-corrected chi connectivity index (χ0v) is 13.7. The molecule has 1 aliphatic rings. The number of anilines is 1. The van der Waals surface area contributed by atoms with Crippen LogP contribution in [0.1, 0.15) is 27.0 Å². The van der Waals surface area contributed by atoms with Gasteiger partial charge in [-0.1, -0.05) is 12.1 Å². The molecule has 2 N–H and O–H groups in total. The zero-order chi connectivity index (χ0) is 16.2. The van der Waals surface area contributed by atoms with Crippen LogP contribution >= 0.6 is 11.3 Å². The molecule has 5 nitrogen and oxygen atoms in total. The number of piperazine rings is 1. The van der Waals surface area contributed by atoms with E-state index in [-0.39, 0.29) is 17.9 Å². The molecule has 2 heterocycles. The molecule has 23 heavy (non-hydrogen) atoms. The van der Waals surface area contributed by atoms with Gasteiger partial charge in [0.15, 0.2) is 0 Å². The molecule has 6 heteroatoms. The lowest BCUT2D eigenvalue weighted by Crippen LogP contribution is -2.52. The van der Waals surface area contributed by atoms with E-state index in [1.54, 1.807) is 30.3 Å². The minimum atomic E-state index is -0.153. The molecule has 1 unspecified atom stereocenters. The van der Waals surface area contributed by atoms with E-state index in [1.165, 1.54) is 11.3 Å². The Morgan fingerprint density at radius 1 is 1.30 bits per heavy atom. The Kier molecular flexibility index (Phi) is 4.73. The van der Waals surface area contributed by atoms with Gasteiger partial charge in [-0.3, -0.25) is 9.59 Å². The van der Waals surface area contributed by atoms with Gasteiger partial charge in [-0.05, 0) is 36.6 Å². The zero-order valence-electron chi connectivity index (χ0n) is 12.9. The van der Waals surface area contributed by atoms with Crippen LogP contribution < -0.4 is 10.6 Å². The van der Waals surface area contributed by atoms with Gasteiger partial charge in [0.2, 0.25) is 0 Å². The summed E-state index contributed by atoms with van der Waals surface area (Å²) in [6.07, 6.45) is 0. The lowest BCUT2D eigenvalue weighted by Gasteiger charge is -2.34. The average molecular weight is 329 g/mol. The Morgan fingerprint density at radius 3 is 2.91 bits per heavy atom. The first-order chi connectivity index (χ1) is 11.1. The Balaban J connectivity index is 1.74. The number of thiophene rings is 1. The van der Waals surface area contributed by atoms with Gasteiger partial charge in [-0.25, -0.2) is 0 Å². The summed E-state index contributed by atoms with van der Waals surface area (Å²) >= 11 is 1.39. The molecule has 1 fully saturated rings. The van der Waals surface area contributed by atoms with Crippen molar-refractivity contribution in [2.45, 2.75) is 13.0 Å². The van der Waals surface area contributed by atoms with E-state index >= 15 is 0 Å². The first-order valence-corrected chi connectivity index (χ1v) is 8.50. The number of amides is 2. The van der Waals surface area contributed by atoms with Crippen molar-refractivity contribution < 1.29 is 9.59 Å². The fraction of sp³-hybridized carbons (Fsp3) is 0.294. The molecule has 1 aromatic heterocycles. The van der Waals surface area contributed by atoms with Crippen LogP contribution in [0.4, 0.5) is 5.69 Å². The van der Waals surface area contributed by atoms with Gasteiger partial charge in [0.1, 0.15) is 0 Å². The second kappa shape index (κ2) is 6.93. The third kappa shape index (κ3) is 3.60. The highest BCUT2D eigenvalue weighted by Gasteiger charge is 2.24. The fourth-order valence-corrected chi connectivity index (χ4v) is 3.26. The van der Waals surface area contributed by atoms with Gasteiger partial charge in [-0.15, -0.1) is 11.3 Å². The third-order valence-electron chi connectivity index (χ3n) is 3.87. The van der Waals surface area contributed by atoms with Crippen LogP contribution in [-0.2, 0) is 0 Å². The molecule has 0 radical (unpaired) electrons. The quantitative estimate of drug-likeness (QED) is 0.909. The summed E-state index contributed by atoms with van der Waals surface area (Å²) < 4.78 is 0. The smallest absolute Gasteiger partial charge is 0.265 e. The predicted molar refractivity (Wildman–Crippen MR) is 92.1 cm³/mol. The van der Waals surface area contributed by atoms with Crippen molar-refractivity contribution in [2.75, 3.05) is 25.0 Å². The summed E-state index contributed by atoms with van der Waals surface area (Å²) in [6, 6.07) is 10.9. The van der Waals surface area contributed by atoms with Gasteiger partial charge < -0.3 is 15.5 Å². The molecule has 0 saturated carbocycles. The largest absolute Gasteiger partial charge is 0.333 e. The summed E-state index contributed by atoms with van der Waals surface area (Å²) in [6.45, 7) is 4.35. The van der Waals surface area contributed by atoms with Crippen molar-refractivity contribution in [3.05, 3.63) is 52.2 Å². The lowest BCUT2D eigenvalue weighted by atomic mass is 10.1. The number of hydrogen-bond acceptors (Lipinski definition) is 4. The van der Waals surface area contributed by atoms with Crippen molar-refractivity contribution in [1.29, 1.82) is 0 Å². The van der Waals surface area contributed by atoms with Crippen molar-refractivity contribution in [3.63, 3.8) is 0 Å². The number of carbonyl (C=O) groups is 2. The van der Waals surface area contributed by atoms with Crippen LogP contribution in [0.3, 0.4) is 0 Å². The molecule has 1 aromatic carbocycles. The molecule has 0 spiro atoms. The van der Waals surface area contributed by atoms with Crippen LogP contribution in [-0.4, -0.2) is 42.4 Å². The average Bonchev–Trinajstić information content (AvgIpc) is 3.09. The first kappa shape index (κ1) is 15.7. The molecular formula is C17H19N3O2S. The van der Waals surface area contributed by atoms with E-state index in [0.29, 0.717) is 22.7 Å². The van der Waals surface area contributed by atoms with Gasteiger partial charge in [0, 0.05) is 36.9 Å². The molecular weight excluding hydrogens is 310 g/mol. The molecule has 0 aliphatic carbocycles. The van der Waals surface area contributed by atoms with Gasteiger partial charge in [0.05, 0.1) is 4.88 Å². The maximum atomic E-state index is 12.7. The van der Waals surface area contributed by atoms with Crippen molar-refractivity contribution in [2.24, 2.45) is 0 Å². The maximum absolute atomic E-state index is 12.7. The standard InChI is InChI=1S/C17H19N3O2S/c1-12-11-18-7-8-20(12)17(22)13-4-2-5-14(10-13)19-16(21)15-6-3-9-23-15/h2-6,9-10,12,18H,7-8,11H2,1H3,(H,19,21). The Hall–Kier alpha value is -2.18. The number of hydrogen-bond donors (Lipinski definition) is 2. The van der Waals surface area contributed by atoms with Crippen molar-refractivity contribution in [3.8, 4) is 0 Å². The second-order valence-electron chi connectivity index (χ2n) is 5.56. The minimum Gasteiger partial charge on any atom is -0.333 e. The molecule has 0 bridgehead atoms. The van der Waals surface area contributed by atoms with E-state index < -0.39 is 0 Å². The topological polar surface area (TPSA) is 61.4 Å². The highest BCUT2D eigenvalue weighted by atomic mass is 32.1. The second-order valence-corrected chi connectivity index (χ2v) is 6.51. The molecule has 1 atom stereocenters. The van der Waals surface area contributed by atoms with E-state index in [9.17, 15) is 9.59 Å². The maximum Gasteiger partial charge on any atom is 0.265 e. The third-order valence-corrected chi connectivity index (χ3v) is 4.74. The Morgan fingerprint density at radius 2 is 2.17 bits per heavy atom. The molecule has 2 aromatic rings. The number of carbonyl (C=O) groups excluding carboxylic acids is 2. The highest BCUT2D eigenvalue weighted by Crippen LogP contribution is 2.17. The van der Waals surface area contributed by atoms with Crippen LogP contribution in [0.5, 0.6) is 0 Å². The Labute approximate surface area is 139 Å². The van der Waals surface area contributed by atoms with Gasteiger partial charge in [-0.2, -0.15) is 0 Å². The Bertz CT molecular complexity index is 700. The van der Waals surface area contributed by atoms with Gasteiger partial charge >= 0.3 is 0 Å². The normalized spacial score (nSPS) is 17.8. The molecule has 1 saturated heterocycles. The summed E-state index contributed by atoms with van der Waals surface area (Å²) in [4.78, 5) is 27.3.